The lowest BCUT2D eigenvalue weighted by atomic mass is 10.2. The average Bonchev–Trinajstić information content (AvgIpc) is 3.22. The molecular weight excluding hydrogens is 681 g/mol. The van der Waals surface area contributed by atoms with E-state index in [9.17, 15) is 4.79 Å². The van der Waals surface area contributed by atoms with Crippen molar-refractivity contribution in [2.45, 2.75) is 6.61 Å². The summed E-state index contributed by atoms with van der Waals surface area (Å²) in [5.74, 6) is 1.57. The zero-order valence-corrected chi connectivity index (χ0v) is 22.0. The quantitative estimate of drug-likeness (QED) is 0.188. The monoisotopic (exact) mass is 694 g/mol. The third-order valence-corrected chi connectivity index (χ3v) is 6.61. The van der Waals surface area contributed by atoms with Crippen molar-refractivity contribution >= 4 is 80.5 Å². The fraction of sp³-hybridized carbons (Fsp3) is 0.0909. The summed E-state index contributed by atoms with van der Waals surface area (Å²) in [5, 5.41) is 5.20. The predicted octanol–water partition coefficient (Wildman–Crippen LogP) is 6.27. The summed E-state index contributed by atoms with van der Waals surface area (Å²) in [6.07, 6.45) is 1.58. The molecule has 0 radical (unpaired) electrons. The SMILES string of the molecule is O=C(N/N=C\c1cc(I)c(OCc2ccc(Cl)cc2Cl)c(I)c1)c1ccc2c(c1)OCO2. The van der Waals surface area contributed by atoms with Crippen LogP contribution in [0.4, 0.5) is 0 Å². The van der Waals surface area contributed by atoms with Gasteiger partial charge >= 0.3 is 0 Å². The number of hydrogen-bond acceptors (Lipinski definition) is 5. The Bertz CT molecular complexity index is 1200. The van der Waals surface area contributed by atoms with Gasteiger partial charge in [0.25, 0.3) is 5.91 Å². The topological polar surface area (TPSA) is 69.2 Å². The summed E-state index contributed by atoms with van der Waals surface area (Å²) >= 11 is 16.6. The average molecular weight is 695 g/mol. The van der Waals surface area contributed by atoms with Crippen LogP contribution in [0.3, 0.4) is 0 Å². The van der Waals surface area contributed by atoms with Gasteiger partial charge in [-0.25, -0.2) is 5.43 Å². The predicted molar refractivity (Wildman–Crippen MR) is 140 cm³/mol. The summed E-state index contributed by atoms with van der Waals surface area (Å²) in [6.45, 7) is 0.476. The van der Waals surface area contributed by atoms with Gasteiger partial charge in [-0.15, -0.1) is 0 Å². The van der Waals surface area contributed by atoms with Gasteiger partial charge in [0, 0.05) is 21.2 Å². The number of ether oxygens (including phenoxy) is 3. The van der Waals surface area contributed by atoms with Crippen molar-refractivity contribution in [3.63, 3.8) is 0 Å². The molecule has 0 saturated carbocycles. The number of benzene rings is 3. The molecule has 1 N–H and O–H groups in total. The molecule has 0 atom stereocenters. The zero-order chi connectivity index (χ0) is 22.7. The van der Waals surface area contributed by atoms with Crippen LogP contribution in [0.2, 0.25) is 10.0 Å². The number of amides is 1. The summed E-state index contributed by atoms with van der Waals surface area (Å²) in [7, 11) is 0. The second kappa shape index (κ2) is 10.4. The molecule has 0 spiro atoms. The van der Waals surface area contributed by atoms with E-state index in [1.165, 1.54) is 0 Å². The van der Waals surface area contributed by atoms with E-state index in [-0.39, 0.29) is 12.7 Å². The largest absolute Gasteiger partial charge is 0.487 e. The Labute approximate surface area is 221 Å². The first kappa shape index (κ1) is 23.4. The summed E-state index contributed by atoms with van der Waals surface area (Å²) < 4.78 is 18.3. The number of rotatable bonds is 6. The Morgan fingerprint density at radius 2 is 1.81 bits per heavy atom. The van der Waals surface area contributed by atoms with E-state index in [0.29, 0.717) is 33.7 Å². The molecule has 0 aliphatic carbocycles. The van der Waals surface area contributed by atoms with E-state index in [2.05, 4.69) is 55.7 Å². The van der Waals surface area contributed by atoms with Crippen molar-refractivity contribution in [2.24, 2.45) is 5.10 Å². The van der Waals surface area contributed by atoms with E-state index in [1.807, 2.05) is 18.2 Å². The lowest BCUT2D eigenvalue weighted by Gasteiger charge is -2.12. The van der Waals surface area contributed by atoms with Crippen molar-refractivity contribution in [2.75, 3.05) is 6.79 Å². The van der Waals surface area contributed by atoms with Crippen LogP contribution in [-0.2, 0) is 6.61 Å². The molecule has 1 aliphatic heterocycles. The van der Waals surface area contributed by atoms with Crippen LogP contribution >= 0.6 is 68.4 Å². The molecule has 10 heteroatoms. The second-order valence-electron chi connectivity index (χ2n) is 6.61. The normalized spacial score (nSPS) is 12.2. The van der Waals surface area contributed by atoms with Crippen molar-refractivity contribution in [1.82, 2.24) is 5.43 Å². The summed E-state index contributed by atoms with van der Waals surface area (Å²) in [6, 6.07) is 14.1. The van der Waals surface area contributed by atoms with Crippen LogP contribution in [0.25, 0.3) is 0 Å². The molecular formula is C22H14Cl2I2N2O4. The van der Waals surface area contributed by atoms with E-state index >= 15 is 0 Å². The Hall–Kier alpha value is -1.76. The number of nitrogens with one attached hydrogen (secondary N) is 1. The van der Waals surface area contributed by atoms with E-state index in [0.717, 1.165) is 24.0 Å². The molecule has 0 unspecified atom stereocenters. The van der Waals surface area contributed by atoms with Gasteiger partial charge in [0.2, 0.25) is 6.79 Å². The Kier molecular flexibility index (Phi) is 7.64. The fourth-order valence-corrected chi connectivity index (χ4v) is 5.44. The fourth-order valence-electron chi connectivity index (χ4n) is 2.85. The van der Waals surface area contributed by atoms with Crippen LogP contribution in [0.5, 0.6) is 17.2 Å². The molecule has 3 aromatic carbocycles. The molecule has 0 bridgehead atoms. The van der Waals surface area contributed by atoms with E-state index in [1.54, 1.807) is 36.5 Å². The minimum Gasteiger partial charge on any atom is -0.487 e. The van der Waals surface area contributed by atoms with Gasteiger partial charge in [0.15, 0.2) is 11.5 Å². The smallest absolute Gasteiger partial charge is 0.271 e. The van der Waals surface area contributed by atoms with Gasteiger partial charge in [-0.3, -0.25) is 4.79 Å². The zero-order valence-electron chi connectivity index (χ0n) is 16.2. The molecule has 1 heterocycles. The Morgan fingerprint density at radius 1 is 1.06 bits per heavy atom. The van der Waals surface area contributed by atoms with Crippen LogP contribution in [0.15, 0.2) is 53.6 Å². The minimum atomic E-state index is -0.344. The third-order valence-electron chi connectivity index (χ3n) is 4.42. The molecule has 1 amide bonds. The van der Waals surface area contributed by atoms with Crippen molar-refractivity contribution in [3.8, 4) is 17.2 Å². The maximum Gasteiger partial charge on any atom is 0.271 e. The molecule has 0 saturated heterocycles. The number of fused-ring (bicyclic) bond motifs is 1. The molecule has 6 nitrogen and oxygen atoms in total. The molecule has 32 heavy (non-hydrogen) atoms. The van der Waals surface area contributed by atoms with Crippen molar-refractivity contribution in [3.05, 3.63) is 82.4 Å². The Morgan fingerprint density at radius 3 is 2.56 bits per heavy atom. The highest BCUT2D eigenvalue weighted by atomic mass is 127. The highest BCUT2D eigenvalue weighted by molar-refractivity contribution is 14.1. The molecule has 1 aliphatic rings. The lowest BCUT2D eigenvalue weighted by molar-refractivity contribution is 0.0954. The van der Waals surface area contributed by atoms with Crippen LogP contribution < -0.4 is 19.6 Å². The first-order chi connectivity index (χ1) is 15.4. The Balaban J connectivity index is 1.40. The van der Waals surface area contributed by atoms with Gasteiger partial charge in [-0.1, -0.05) is 29.3 Å². The maximum atomic E-state index is 12.3. The molecule has 0 aromatic heterocycles. The number of carbonyl (C=O) groups is 1. The number of nitrogens with zero attached hydrogens (tertiary/aromatic N) is 1. The van der Waals surface area contributed by atoms with Crippen molar-refractivity contribution < 1.29 is 19.0 Å². The van der Waals surface area contributed by atoms with Gasteiger partial charge < -0.3 is 14.2 Å². The maximum absolute atomic E-state index is 12.3. The summed E-state index contributed by atoms with van der Waals surface area (Å²) in [5.41, 5.74) is 4.62. The molecule has 4 rings (SSSR count). The van der Waals surface area contributed by atoms with Gasteiger partial charge in [-0.2, -0.15) is 5.10 Å². The molecule has 0 fully saturated rings. The number of hydrogen-bond donors (Lipinski definition) is 1. The highest BCUT2D eigenvalue weighted by Gasteiger charge is 2.16. The third kappa shape index (κ3) is 5.59. The summed E-state index contributed by atoms with van der Waals surface area (Å²) in [4.78, 5) is 12.3. The minimum absolute atomic E-state index is 0.155. The first-order valence-corrected chi connectivity index (χ1v) is 12.1. The van der Waals surface area contributed by atoms with Crippen LogP contribution in [-0.4, -0.2) is 18.9 Å². The van der Waals surface area contributed by atoms with Gasteiger partial charge in [0.1, 0.15) is 12.4 Å². The lowest BCUT2D eigenvalue weighted by Crippen LogP contribution is -2.17. The molecule has 3 aromatic rings. The first-order valence-electron chi connectivity index (χ1n) is 9.19. The highest BCUT2D eigenvalue weighted by Crippen LogP contribution is 2.33. The standard InChI is InChI=1S/C22H14Cl2I2N2O4/c23-15-3-1-14(16(24)8-15)10-30-21-17(25)5-12(6-18(21)26)9-27-28-22(29)13-2-4-19-20(7-13)32-11-31-19/h1-9H,10-11H2,(H,28,29)/b27-9-. The van der Waals surface area contributed by atoms with Crippen LogP contribution in [0, 0.1) is 7.14 Å². The second-order valence-corrected chi connectivity index (χ2v) is 9.77. The van der Waals surface area contributed by atoms with Gasteiger partial charge in [-0.05, 0) is 93.2 Å². The van der Waals surface area contributed by atoms with Crippen LogP contribution in [0.1, 0.15) is 21.5 Å². The molecule has 164 valence electrons. The van der Waals surface area contributed by atoms with E-state index < -0.39 is 0 Å². The number of hydrazone groups is 1. The number of halogens is 4. The van der Waals surface area contributed by atoms with Gasteiger partial charge in [0.05, 0.1) is 13.4 Å². The number of carbonyl (C=O) groups excluding carboxylic acids is 1. The van der Waals surface area contributed by atoms with Crippen molar-refractivity contribution in [1.29, 1.82) is 0 Å². The van der Waals surface area contributed by atoms with E-state index in [4.69, 9.17) is 37.4 Å².